The van der Waals surface area contributed by atoms with E-state index in [1.807, 2.05) is 0 Å². The molecule has 0 N–H and O–H groups in total. The quantitative estimate of drug-likeness (QED) is 0.605. The molecule has 1 heterocycles. The van der Waals surface area contributed by atoms with Crippen molar-refractivity contribution < 1.29 is 13.9 Å². The van der Waals surface area contributed by atoms with Gasteiger partial charge in [-0.3, -0.25) is 4.79 Å². The molecule has 1 amide bonds. The predicted molar refractivity (Wildman–Crippen MR) is 112 cm³/mol. The third-order valence-corrected chi connectivity index (χ3v) is 4.29. The minimum atomic E-state index is -0.730. The summed E-state index contributed by atoms with van der Waals surface area (Å²) in [5.41, 5.74) is -0.579. The summed E-state index contributed by atoms with van der Waals surface area (Å²) in [5, 5.41) is 0.494. The van der Waals surface area contributed by atoms with Crippen LogP contribution in [0.25, 0.3) is 16.6 Å². The van der Waals surface area contributed by atoms with E-state index in [1.54, 1.807) is 52.0 Å². The number of fused-ring (bicyclic) bond motifs is 1. The van der Waals surface area contributed by atoms with E-state index in [4.69, 9.17) is 16.3 Å². The number of halogens is 2. The molecule has 29 heavy (non-hydrogen) atoms. The Kier molecular flexibility index (Phi) is 5.61. The number of hydrogen-bond donors (Lipinski definition) is 0. The molecule has 0 radical (unpaired) electrons. The molecule has 3 aromatic rings. The summed E-state index contributed by atoms with van der Waals surface area (Å²) in [5.74, 6) is -0.491. The van der Waals surface area contributed by atoms with Crippen molar-refractivity contribution >= 4 is 34.5 Å². The number of benzene rings is 2. The lowest BCUT2D eigenvalue weighted by atomic mass is 10.2. The zero-order valence-corrected chi connectivity index (χ0v) is 17.3. The molecular weight excluding hydrogens is 397 g/mol. The molecule has 0 spiro atoms. The first-order valence-electron chi connectivity index (χ1n) is 9.09. The highest BCUT2D eigenvalue weighted by molar-refractivity contribution is 6.30. The number of aromatic nitrogens is 2. The molecule has 0 bridgehead atoms. The zero-order chi connectivity index (χ0) is 21.3. The third-order valence-electron chi connectivity index (χ3n) is 4.05. The lowest BCUT2D eigenvalue weighted by molar-refractivity contribution is 0.0579. The van der Waals surface area contributed by atoms with Crippen LogP contribution in [0, 0.1) is 5.82 Å². The normalized spacial score (nSPS) is 11.5. The van der Waals surface area contributed by atoms with Gasteiger partial charge >= 0.3 is 6.09 Å². The van der Waals surface area contributed by atoms with Crippen molar-refractivity contribution in [1.82, 2.24) is 9.55 Å². The molecule has 0 atom stereocenters. The van der Waals surface area contributed by atoms with Crippen LogP contribution < -0.4 is 10.5 Å². The van der Waals surface area contributed by atoms with Crippen molar-refractivity contribution in [2.75, 3.05) is 11.4 Å². The second-order valence-electron chi connectivity index (χ2n) is 7.42. The van der Waals surface area contributed by atoms with Crippen molar-refractivity contribution in [3.8, 4) is 5.69 Å². The predicted octanol–water partition coefficient (Wildman–Crippen LogP) is 4.94. The number of amides is 1. The summed E-state index contributed by atoms with van der Waals surface area (Å²) in [4.78, 5) is 31.8. The maximum atomic E-state index is 13.8. The number of anilines is 1. The van der Waals surface area contributed by atoms with Crippen molar-refractivity contribution in [3.63, 3.8) is 0 Å². The minimum absolute atomic E-state index is 0.0631. The summed E-state index contributed by atoms with van der Waals surface area (Å²) in [6.07, 6.45) is -0.649. The van der Waals surface area contributed by atoms with Gasteiger partial charge in [0.25, 0.3) is 5.56 Å². The van der Waals surface area contributed by atoms with E-state index in [0.717, 1.165) is 6.07 Å². The smallest absolute Gasteiger partial charge is 0.417 e. The monoisotopic (exact) mass is 417 g/mol. The fourth-order valence-corrected chi connectivity index (χ4v) is 3.03. The second-order valence-corrected chi connectivity index (χ2v) is 7.85. The number of nitrogens with zero attached hydrogens (tertiary/aromatic N) is 3. The van der Waals surface area contributed by atoms with Crippen molar-refractivity contribution in [2.24, 2.45) is 0 Å². The molecule has 0 aliphatic heterocycles. The second kappa shape index (κ2) is 7.83. The Bertz CT molecular complexity index is 1140. The van der Waals surface area contributed by atoms with E-state index in [1.165, 1.54) is 21.6 Å². The maximum absolute atomic E-state index is 13.8. The van der Waals surface area contributed by atoms with Gasteiger partial charge < -0.3 is 4.74 Å². The highest BCUT2D eigenvalue weighted by Gasteiger charge is 2.27. The first-order chi connectivity index (χ1) is 13.6. The Balaban J connectivity index is 2.32. The van der Waals surface area contributed by atoms with Gasteiger partial charge in [0.1, 0.15) is 11.4 Å². The molecule has 0 unspecified atom stereocenters. The van der Waals surface area contributed by atoms with E-state index in [-0.39, 0.29) is 23.4 Å². The van der Waals surface area contributed by atoms with Crippen LogP contribution in [0.1, 0.15) is 27.7 Å². The molecule has 0 aliphatic carbocycles. The Morgan fingerprint density at radius 2 is 1.97 bits per heavy atom. The molecule has 0 saturated heterocycles. The molecule has 152 valence electrons. The topological polar surface area (TPSA) is 64.4 Å². The summed E-state index contributed by atoms with van der Waals surface area (Å²) < 4.78 is 20.5. The fraction of sp³-hybridized carbons (Fsp3) is 0.286. The van der Waals surface area contributed by atoms with Gasteiger partial charge in [0, 0.05) is 11.6 Å². The molecule has 1 aromatic heterocycles. The number of hydrogen-bond acceptors (Lipinski definition) is 4. The Hall–Kier alpha value is -2.93. The van der Waals surface area contributed by atoms with E-state index < -0.39 is 23.1 Å². The van der Waals surface area contributed by atoms with Crippen LogP contribution >= 0.6 is 11.6 Å². The SMILES string of the molecule is CCN(C(=O)OC(C)(C)C)c1nc2ccc(F)cc2c(=O)n1-c1cccc(Cl)c1. The lowest BCUT2D eigenvalue weighted by Crippen LogP contribution is -2.40. The van der Waals surface area contributed by atoms with E-state index >= 15 is 0 Å². The number of carbonyl (C=O) groups excluding carboxylic acids is 1. The first kappa shape index (κ1) is 20.8. The van der Waals surface area contributed by atoms with Gasteiger partial charge in [-0.1, -0.05) is 17.7 Å². The van der Waals surface area contributed by atoms with Gasteiger partial charge in [0.2, 0.25) is 5.95 Å². The maximum Gasteiger partial charge on any atom is 0.417 e. The van der Waals surface area contributed by atoms with Crippen LogP contribution in [-0.2, 0) is 4.74 Å². The molecule has 8 heteroatoms. The Morgan fingerprint density at radius 3 is 2.59 bits per heavy atom. The largest absolute Gasteiger partial charge is 0.443 e. The van der Waals surface area contributed by atoms with Crippen LogP contribution in [0.15, 0.2) is 47.3 Å². The Morgan fingerprint density at radius 1 is 1.24 bits per heavy atom. The summed E-state index contributed by atoms with van der Waals surface area (Å²) >= 11 is 6.10. The van der Waals surface area contributed by atoms with Gasteiger partial charge in [0.15, 0.2) is 0 Å². The summed E-state index contributed by atoms with van der Waals surface area (Å²) in [6, 6.07) is 10.3. The van der Waals surface area contributed by atoms with E-state index in [0.29, 0.717) is 10.7 Å². The van der Waals surface area contributed by atoms with Crippen molar-refractivity contribution in [3.05, 3.63) is 63.7 Å². The molecule has 0 fully saturated rings. The van der Waals surface area contributed by atoms with Gasteiger partial charge in [0.05, 0.1) is 16.6 Å². The number of ether oxygens (including phenoxy) is 1. The third kappa shape index (κ3) is 4.40. The van der Waals surface area contributed by atoms with Crippen LogP contribution in [0.2, 0.25) is 5.02 Å². The van der Waals surface area contributed by atoms with E-state index in [2.05, 4.69) is 4.98 Å². The molecule has 2 aromatic carbocycles. The van der Waals surface area contributed by atoms with Crippen LogP contribution in [0.5, 0.6) is 0 Å². The number of carbonyl (C=O) groups is 1. The van der Waals surface area contributed by atoms with Crippen LogP contribution in [-0.4, -0.2) is 27.8 Å². The number of rotatable bonds is 3. The average molecular weight is 418 g/mol. The zero-order valence-electron chi connectivity index (χ0n) is 16.6. The minimum Gasteiger partial charge on any atom is -0.443 e. The van der Waals surface area contributed by atoms with Crippen LogP contribution in [0.3, 0.4) is 0 Å². The molecule has 6 nitrogen and oxygen atoms in total. The van der Waals surface area contributed by atoms with Crippen molar-refractivity contribution in [1.29, 1.82) is 0 Å². The van der Waals surface area contributed by atoms with E-state index in [9.17, 15) is 14.0 Å². The fourth-order valence-electron chi connectivity index (χ4n) is 2.84. The molecule has 0 saturated carbocycles. The van der Waals surface area contributed by atoms with Gasteiger partial charge in [-0.25, -0.2) is 23.6 Å². The highest BCUT2D eigenvalue weighted by Crippen LogP contribution is 2.23. The molecular formula is C21H21ClFN3O3. The standard InChI is InChI=1S/C21H21ClFN3O3/c1-5-25(20(28)29-21(2,3)4)19-24-17-10-9-14(23)12-16(17)18(27)26(19)15-8-6-7-13(22)11-15/h6-12H,5H2,1-4H3. The first-order valence-corrected chi connectivity index (χ1v) is 9.47. The van der Waals surface area contributed by atoms with Gasteiger partial charge in [-0.05, 0) is 64.1 Å². The summed E-state index contributed by atoms with van der Waals surface area (Å²) in [7, 11) is 0. The highest BCUT2D eigenvalue weighted by atomic mass is 35.5. The van der Waals surface area contributed by atoms with Gasteiger partial charge in [-0.2, -0.15) is 0 Å². The van der Waals surface area contributed by atoms with Crippen LogP contribution in [0.4, 0.5) is 15.1 Å². The average Bonchev–Trinajstić information content (AvgIpc) is 2.61. The lowest BCUT2D eigenvalue weighted by Gasteiger charge is -2.27. The Labute approximate surface area is 172 Å². The van der Waals surface area contributed by atoms with Crippen molar-refractivity contribution in [2.45, 2.75) is 33.3 Å². The van der Waals surface area contributed by atoms with Gasteiger partial charge in [-0.15, -0.1) is 0 Å². The molecule has 3 rings (SSSR count). The molecule has 0 aliphatic rings. The summed E-state index contributed by atoms with van der Waals surface area (Å²) in [6.45, 7) is 7.19.